The van der Waals surface area contributed by atoms with Crippen LogP contribution in [-0.4, -0.2) is 4.90 Å². The summed E-state index contributed by atoms with van der Waals surface area (Å²) >= 11 is 0. The summed E-state index contributed by atoms with van der Waals surface area (Å²) in [6.07, 6.45) is 0. The van der Waals surface area contributed by atoms with Crippen molar-refractivity contribution in [1.29, 1.82) is 0 Å². The van der Waals surface area contributed by atoms with Crippen LogP contribution in [0.4, 0.5) is 0 Å². The van der Waals surface area contributed by atoms with Gasteiger partial charge in [0.25, 0.3) is 0 Å². The van der Waals surface area contributed by atoms with E-state index in [1.54, 1.807) is 0 Å². The Kier molecular flexibility index (Phi) is 3.49. The van der Waals surface area contributed by atoms with Gasteiger partial charge in [-0.15, -0.1) is 0 Å². The maximum atomic E-state index is 2.57. The van der Waals surface area contributed by atoms with Gasteiger partial charge in [-0.2, -0.15) is 0 Å². The number of hydrogen-bond acceptors (Lipinski definition) is 1. The number of rotatable bonds is 4. The van der Waals surface area contributed by atoms with Gasteiger partial charge in [-0.1, -0.05) is 91.0 Å². The highest BCUT2D eigenvalue weighted by Crippen LogP contribution is 2.55. The predicted molar refractivity (Wildman–Crippen MR) is 90.4 cm³/mol. The van der Waals surface area contributed by atoms with Crippen LogP contribution in [0.25, 0.3) is 0 Å². The molecule has 0 N–H and O–H groups in total. The SMILES string of the molecule is c1ccc(CN2C(c3ccccc3)C2c2ccccc2)cc1. The van der Waals surface area contributed by atoms with Crippen molar-refractivity contribution in [2.75, 3.05) is 0 Å². The summed E-state index contributed by atoms with van der Waals surface area (Å²) in [5.74, 6) is 0. The predicted octanol–water partition coefficient (Wildman–Crippen LogP) is 4.98. The van der Waals surface area contributed by atoms with Gasteiger partial charge in [0, 0.05) is 6.54 Å². The van der Waals surface area contributed by atoms with E-state index < -0.39 is 0 Å². The first-order valence-electron chi connectivity index (χ1n) is 7.83. The van der Waals surface area contributed by atoms with E-state index in [0.717, 1.165) is 6.54 Å². The molecule has 1 fully saturated rings. The molecule has 0 radical (unpaired) electrons. The Hall–Kier alpha value is -2.38. The zero-order chi connectivity index (χ0) is 14.8. The van der Waals surface area contributed by atoms with Crippen molar-refractivity contribution in [3.8, 4) is 0 Å². The lowest BCUT2D eigenvalue weighted by Crippen LogP contribution is -1.99. The Morgan fingerprint density at radius 1 is 0.545 bits per heavy atom. The van der Waals surface area contributed by atoms with Crippen LogP contribution in [0, 0.1) is 0 Å². The van der Waals surface area contributed by atoms with Gasteiger partial charge in [0.05, 0.1) is 12.1 Å². The third kappa shape index (κ3) is 2.56. The highest BCUT2D eigenvalue weighted by molar-refractivity contribution is 5.35. The molecule has 1 saturated heterocycles. The third-order valence-corrected chi connectivity index (χ3v) is 4.41. The summed E-state index contributed by atoms with van der Waals surface area (Å²) in [4.78, 5) is 2.57. The molecule has 0 aromatic heterocycles. The smallest absolute Gasteiger partial charge is 0.0556 e. The number of hydrogen-bond donors (Lipinski definition) is 0. The average Bonchev–Trinajstić information content (AvgIpc) is 3.31. The summed E-state index contributed by atoms with van der Waals surface area (Å²) in [5, 5.41) is 0. The van der Waals surface area contributed by atoms with Gasteiger partial charge in [-0.25, -0.2) is 0 Å². The molecule has 3 aromatic carbocycles. The van der Waals surface area contributed by atoms with Crippen LogP contribution in [0.1, 0.15) is 28.8 Å². The highest BCUT2D eigenvalue weighted by Gasteiger charge is 2.48. The Morgan fingerprint density at radius 3 is 1.41 bits per heavy atom. The Labute approximate surface area is 131 Å². The van der Waals surface area contributed by atoms with Gasteiger partial charge >= 0.3 is 0 Å². The maximum absolute atomic E-state index is 2.57. The second-order valence-corrected chi connectivity index (χ2v) is 5.87. The van der Waals surface area contributed by atoms with Crippen LogP contribution in [0.15, 0.2) is 91.0 Å². The lowest BCUT2D eigenvalue weighted by Gasteiger charge is -2.04. The molecular weight excluding hydrogens is 266 g/mol. The second kappa shape index (κ2) is 5.78. The first-order valence-corrected chi connectivity index (χ1v) is 7.83. The van der Waals surface area contributed by atoms with Crippen LogP contribution in [0.3, 0.4) is 0 Å². The molecule has 1 heteroatoms. The standard InChI is InChI=1S/C21H19N/c1-4-10-17(11-5-1)16-22-20(18-12-6-2-7-13-18)21(22)19-14-8-3-9-15-19/h1-15,20-21H,16H2. The Bertz CT molecular complexity index is 676. The van der Waals surface area contributed by atoms with Crippen LogP contribution >= 0.6 is 0 Å². The molecule has 22 heavy (non-hydrogen) atoms. The van der Waals surface area contributed by atoms with E-state index in [0.29, 0.717) is 12.1 Å². The molecule has 0 amide bonds. The monoisotopic (exact) mass is 285 g/mol. The van der Waals surface area contributed by atoms with Crippen molar-refractivity contribution >= 4 is 0 Å². The zero-order valence-corrected chi connectivity index (χ0v) is 12.5. The van der Waals surface area contributed by atoms with E-state index in [1.165, 1.54) is 16.7 Å². The van der Waals surface area contributed by atoms with Gasteiger partial charge in [0.2, 0.25) is 0 Å². The van der Waals surface area contributed by atoms with Crippen molar-refractivity contribution in [2.45, 2.75) is 18.6 Å². The quantitative estimate of drug-likeness (QED) is 0.611. The molecular formula is C21H19N. The van der Waals surface area contributed by atoms with E-state index >= 15 is 0 Å². The fraction of sp³-hybridized carbons (Fsp3) is 0.143. The van der Waals surface area contributed by atoms with Gasteiger partial charge < -0.3 is 0 Å². The lowest BCUT2D eigenvalue weighted by molar-refractivity contribution is 0.480. The van der Waals surface area contributed by atoms with Crippen molar-refractivity contribution < 1.29 is 0 Å². The Balaban J connectivity index is 1.63. The molecule has 1 nitrogen and oxygen atoms in total. The van der Waals surface area contributed by atoms with Crippen molar-refractivity contribution in [1.82, 2.24) is 4.90 Å². The van der Waals surface area contributed by atoms with Crippen LogP contribution in [0.2, 0.25) is 0 Å². The molecule has 2 atom stereocenters. The first-order chi connectivity index (χ1) is 10.9. The van der Waals surface area contributed by atoms with Crippen LogP contribution < -0.4 is 0 Å². The minimum Gasteiger partial charge on any atom is -0.281 e. The van der Waals surface area contributed by atoms with Gasteiger partial charge in [0.15, 0.2) is 0 Å². The van der Waals surface area contributed by atoms with E-state index in [2.05, 4.69) is 95.9 Å². The molecule has 0 aliphatic carbocycles. The second-order valence-electron chi connectivity index (χ2n) is 5.87. The topological polar surface area (TPSA) is 3.01 Å². The van der Waals surface area contributed by atoms with E-state index in [1.807, 2.05) is 0 Å². The number of benzene rings is 3. The average molecular weight is 285 g/mol. The van der Waals surface area contributed by atoms with Crippen LogP contribution in [-0.2, 0) is 6.54 Å². The fourth-order valence-electron chi connectivity index (χ4n) is 3.31. The minimum atomic E-state index is 0.490. The molecule has 0 bridgehead atoms. The minimum absolute atomic E-state index is 0.490. The lowest BCUT2D eigenvalue weighted by atomic mass is 10.0. The maximum Gasteiger partial charge on any atom is 0.0556 e. The molecule has 1 aliphatic heterocycles. The van der Waals surface area contributed by atoms with E-state index in [-0.39, 0.29) is 0 Å². The molecule has 0 spiro atoms. The summed E-state index contributed by atoms with van der Waals surface area (Å²) in [5.41, 5.74) is 4.20. The number of nitrogens with zero attached hydrogens (tertiary/aromatic N) is 1. The highest BCUT2D eigenvalue weighted by atomic mass is 15.3. The Morgan fingerprint density at radius 2 is 0.955 bits per heavy atom. The molecule has 0 saturated carbocycles. The molecule has 1 aliphatic rings. The van der Waals surface area contributed by atoms with Gasteiger partial charge in [-0.3, -0.25) is 4.90 Å². The third-order valence-electron chi connectivity index (χ3n) is 4.41. The molecule has 108 valence electrons. The van der Waals surface area contributed by atoms with Crippen molar-refractivity contribution in [2.24, 2.45) is 0 Å². The zero-order valence-electron chi connectivity index (χ0n) is 12.5. The summed E-state index contributed by atoms with van der Waals surface area (Å²) in [7, 11) is 0. The molecule has 1 heterocycles. The summed E-state index contributed by atoms with van der Waals surface area (Å²) < 4.78 is 0. The van der Waals surface area contributed by atoms with Gasteiger partial charge in [-0.05, 0) is 16.7 Å². The fourth-order valence-corrected chi connectivity index (χ4v) is 3.31. The van der Waals surface area contributed by atoms with E-state index in [9.17, 15) is 0 Å². The molecule has 3 aromatic rings. The summed E-state index contributed by atoms with van der Waals surface area (Å²) in [6.45, 7) is 1.000. The largest absolute Gasteiger partial charge is 0.281 e. The molecule has 4 rings (SSSR count). The summed E-state index contributed by atoms with van der Waals surface area (Å²) in [6, 6.07) is 33.4. The van der Waals surface area contributed by atoms with Crippen molar-refractivity contribution in [3.63, 3.8) is 0 Å². The molecule has 2 unspecified atom stereocenters. The first kappa shape index (κ1) is 13.3. The van der Waals surface area contributed by atoms with Crippen LogP contribution in [0.5, 0.6) is 0 Å². The van der Waals surface area contributed by atoms with Gasteiger partial charge in [0.1, 0.15) is 0 Å². The van der Waals surface area contributed by atoms with Crippen molar-refractivity contribution in [3.05, 3.63) is 108 Å². The normalized spacial score (nSPS) is 23.2. The van der Waals surface area contributed by atoms with E-state index in [4.69, 9.17) is 0 Å².